The lowest BCUT2D eigenvalue weighted by molar-refractivity contribution is -0.118. The number of benzene rings is 3. The average Bonchev–Trinajstić information content (AvgIpc) is 3.48. The van der Waals surface area contributed by atoms with Crippen molar-refractivity contribution in [3.05, 3.63) is 96.3 Å². The number of aromatic amines is 2. The summed E-state index contributed by atoms with van der Waals surface area (Å²) in [5.41, 5.74) is 17.4. The number of H-pyrrole nitrogens is 2. The monoisotopic (exact) mass is 552 g/mol. The topological polar surface area (TPSA) is 142 Å². The van der Waals surface area contributed by atoms with Gasteiger partial charge in [-0.15, -0.1) is 24.8 Å². The number of hydrogen-bond acceptors (Lipinski definition) is 4. The summed E-state index contributed by atoms with van der Waals surface area (Å²) in [7, 11) is 0. The molecule has 198 valence electrons. The van der Waals surface area contributed by atoms with Gasteiger partial charge < -0.3 is 32.1 Å². The van der Waals surface area contributed by atoms with Crippen LogP contribution in [0.15, 0.2) is 85.2 Å². The number of amides is 2. The molecule has 2 atom stereocenters. The van der Waals surface area contributed by atoms with Crippen molar-refractivity contribution in [2.75, 3.05) is 10.6 Å². The fourth-order valence-corrected chi connectivity index (χ4v) is 4.40. The van der Waals surface area contributed by atoms with Crippen molar-refractivity contribution >= 4 is 69.8 Å². The SMILES string of the molecule is Cl.Cl.NC(Cc1c[nH]c2ccccc12)C(=O)Nc1cccc(NC(=O)C(N)Cc2c[nH]c3ccccc23)c1. The van der Waals surface area contributed by atoms with Crippen LogP contribution in [0.2, 0.25) is 0 Å². The van der Waals surface area contributed by atoms with Gasteiger partial charge in [0.1, 0.15) is 0 Å². The molecule has 0 aliphatic heterocycles. The number of nitrogens with two attached hydrogens (primary N) is 2. The van der Waals surface area contributed by atoms with Crippen molar-refractivity contribution in [1.29, 1.82) is 0 Å². The van der Waals surface area contributed by atoms with E-state index in [0.717, 1.165) is 32.9 Å². The molecule has 8 N–H and O–H groups in total. The molecule has 0 saturated carbocycles. The Hall–Kier alpha value is -3.82. The van der Waals surface area contributed by atoms with E-state index in [-0.39, 0.29) is 36.6 Å². The number of carbonyl (C=O) groups is 2. The molecule has 0 fully saturated rings. The Bertz CT molecular complexity index is 1440. The molecule has 5 rings (SSSR count). The molecule has 2 amide bonds. The molecule has 2 heterocycles. The van der Waals surface area contributed by atoms with E-state index in [1.807, 2.05) is 60.9 Å². The molecule has 0 radical (unpaired) electrons. The van der Waals surface area contributed by atoms with Crippen LogP contribution in [-0.4, -0.2) is 33.9 Å². The van der Waals surface area contributed by atoms with Gasteiger partial charge in [-0.25, -0.2) is 0 Å². The highest BCUT2D eigenvalue weighted by Gasteiger charge is 2.18. The van der Waals surface area contributed by atoms with Gasteiger partial charge in [0.25, 0.3) is 0 Å². The Labute approximate surface area is 232 Å². The van der Waals surface area contributed by atoms with E-state index in [1.54, 1.807) is 24.3 Å². The highest BCUT2D eigenvalue weighted by Crippen LogP contribution is 2.21. The minimum atomic E-state index is -0.730. The average molecular weight is 553 g/mol. The lowest BCUT2D eigenvalue weighted by Gasteiger charge is -2.15. The third-order valence-corrected chi connectivity index (χ3v) is 6.30. The number of hydrogen-bond donors (Lipinski definition) is 6. The largest absolute Gasteiger partial charge is 0.361 e. The number of para-hydroxylation sites is 2. The van der Waals surface area contributed by atoms with Crippen molar-refractivity contribution in [2.45, 2.75) is 24.9 Å². The molecule has 5 aromatic rings. The maximum atomic E-state index is 12.7. The molecule has 8 nitrogen and oxygen atoms in total. The molecular formula is C28H30Cl2N6O2. The molecule has 3 aromatic carbocycles. The van der Waals surface area contributed by atoms with Crippen molar-refractivity contribution in [3.8, 4) is 0 Å². The molecule has 0 spiro atoms. The third kappa shape index (κ3) is 6.35. The van der Waals surface area contributed by atoms with Crippen LogP contribution >= 0.6 is 24.8 Å². The van der Waals surface area contributed by atoms with E-state index in [1.165, 1.54) is 0 Å². The summed E-state index contributed by atoms with van der Waals surface area (Å²) in [5.74, 6) is -0.611. The zero-order valence-corrected chi connectivity index (χ0v) is 22.1. The van der Waals surface area contributed by atoms with Gasteiger partial charge >= 0.3 is 0 Å². The van der Waals surface area contributed by atoms with Gasteiger partial charge in [0, 0.05) is 45.6 Å². The standard InChI is InChI=1S/C28H28N6O2.2ClH/c29-23(12-17-15-31-25-10-3-1-8-21(17)25)27(35)33-19-6-5-7-20(14-19)34-28(36)24(30)13-18-16-32-26-11-4-2-9-22(18)26;;/h1-11,14-16,23-24,31-32H,12-13,29-30H2,(H,33,35)(H,34,36);2*1H. The van der Waals surface area contributed by atoms with Crippen LogP contribution in [0, 0.1) is 0 Å². The normalized spacial score (nSPS) is 12.3. The first-order chi connectivity index (χ1) is 17.5. The summed E-state index contributed by atoms with van der Waals surface area (Å²) in [5, 5.41) is 7.78. The van der Waals surface area contributed by atoms with Crippen molar-refractivity contribution in [1.82, 2.24) is 9.97 Å². The molecule has 0 aliphatic carbocycles. The number of aromatic nitrogens is 2. The summed E-state index contributed by atoms with van der Waals surface area (Å²) < 4.78 is 0. The highest BCUT2D eigenvalue weighted by atomic mass is 35.5. The zero-order valence-electron chi connectivity index (χ0n) is 20.4. The Morgan fingerprint density at radius 1 is 0.658 bits per heavy atom. The second-order valence-electron chi connectivity index (χ2n) is 8.90. The van der Waals surface area contributed by atoms with Crippen LogP contribution in [0.5, 0.6) is 0 Å². The molecule has 38 heavy (non-hydrogen) atoms. The van der Waals surface area contributed by atoms with E-state index in [4.69, 9.17) is 11.5 Å². The number of carbonyl (C=O) groups excluding carboxylic acids is 2. The lowest BCUT2D eigenvalue weighted by atomic mass is 10.0. The second kappa shape index (κ2) is 12.6. The van der Waals surface area contributed by atoms with Crippen LogP contribution in [0.3, 0.4) is 0 Å². The van der Waals surface area contributed by atoms with Gasteiger partial charge in [-0.3, -0.25) is 9.59 Å². The molecule has 2 unspecified atom stereocenters. The maximum Gasteiger partial charge on any atom is 0.241 e. The predicted molar refractivity (Wildman–Crippen MR) is 158 cm³/mol. The number of halogens is 2. The van der Waals surface area contributed by atoms with Gasteiger partial charge in [-0.2, -0.15) is 0 Å². The molecular weight excluding hydrogens is 523 g/mol. The summed E-state index contributed by atoms with van der Waals surface area (Å²) >= 11 is 0. The second-order valence-corrected chi connectivity index (χ2v) is 8.90. The molecule has 2 aromatic heterocycles. The first-order valence-electron chi connectivity index (χ1n) is 11.8. The summed E-state index contributed by atoms with van der Waals surface area (Å²) in [4.78, 5) is 31.9. The van der Waals surface area contributed by atoms with Gasteiger partial charge in [0.15, 0.2) is 0 Å². The molecule has 0 saturated heterocycles. The van der Waals surface area contributed by atoms with Crippen LogP contribution in [0.1, 0.15) is 11.1 Å². The zero-order chi connectivity index (χ0) is 25.1. The van der Waals surface area contributed by atoms with Gasteiger partial charge in [-0.1, -0.05) is 42.5 Å². The Kier molecular flexibility index (Phi) is 9.55. The van der Waals surface area contributed by atoms with E-state index < -0.39 is 12.1 Å². The summed E-state index contributed by atoms with van der Waals surface area (Å²) in [6.45, 7) is 0. The van der Waals surface area contributed by atoms with Crippen LogP contribution in [-0.2, 0) is 22.4 Å². The van der Waals surface area contributed by atoms with Crippen LogP contribution < -0.4 is 22.1 Å². The fraction of sp³-hybridized carbons (Fsp3) is 0.143. The van der Waals surface area contributed by atoms with Crippen molar-refractivity contribution < 1.29 is 9.59 Å². The smallest absolute Gasteiger partial charge is 0.241 e. The predicted octanol–water partition coefficient (Wildman–Crippen LogP) is 4.51. The maximum absolute atomic E-state index is 12.7. The summed E-state index contributed by atoms with van der Waals surface area (Å²) in [6, 6.07) is 21.3. The number of fused-ring (bicyclic) bond motifs is 2. The van der Waals surface area contributed by atoms with Crippen LogP contribution in [0.25, 0.3) is 21.8 Å². The van der Waals surface area contributed by atoms with Gasteiger partial charge in [0.05, 0.1) is 12.1 Å². The minimum absolute atomic E-state index is 0. The first kappa shape index (κ1) is 28.7. The van der Waals surface area contributed by atoms with E-state index in [9.17, 15) is 9.59 Å². The Morgan fingerprint density at radius 3 is 1.53 bits per heavy atom. The van der Waals surface area contributed by atoms with E-state index in [2.05, 4.69) is 20.6 Å². The van der Waals surface area contributed by atoms with Gasteiger partial charge in [-0.05, 0) is 54.3 Å². The van der Waals surface area contributed by atoms with Gasteiger partial charge in [0.2, 0.25) is 11.8 Å². The number of rotatable bonds is 8. The summed E-state index contributed by atoms with van der Waals surface area (Å²) in [6.07, 6.45) is 4.56. The molecule has 0 aliphatic rings. The third-order valence-electron chi connectivity index (χ3n) is 6.30. The van der Waals surface area contributed by atoms with E-state index >= 15 is 0 Å². The molecule has 10 heteroatoms. The first-order valence-corrected chi connectivity index (χ1v) is 11.8. The Morgan fingerprint density at radius 2 is 1.08 bits per heavy atom. The van der Waals surface area contributed by atoms with Crippen molar-refractivity contribution in [3.63, 3.8) is 0 Å². The highest BCUT2D eigenvalue weighted by molar-refractivity contribution is 5.98. The fourth-order valence-electron chi connectivity index (χ4n) is 4.40. The lowest BCUT2D eigenvalue weighted by Crippen LogP contribution is -2.38. The van der Waals surface area contributed by atoms with Crippen molar-refractivity contribution in [2.24, 2.45) is 11.5 Å². The minimum Gasteiger partial charge on any atom is -0.361 e. The van der Waals surface area contributed by atoms with Crippen LogP contribution in [0.4, 0.5) is 11.4 Å². The number of anilines is 2. The van der Waals surface area contributed by atoms with E-state index in [0.29, 0.717) is 24.2 Å². The Balaban J connectivity index is 0.00000200. The molecule has 0 bridgehead atoms. The number of nitrogens with one attached hydrogen (secondary N) is 4. The quantitative estimate of drug-likeness (QED) is 0.168.